The minimum Gasteiger partial charge on any atom is -0.355 e. The molecule has 2 aliphatic rings. The quantitative estimate of drug-likeness (QED) is 0.447. The third-order valence-corrected chi connectivity index (χ3v) is 8.51. The summed E-state index contributed by atoms with van der Waals surface area (Å²) in [5.41, 5.74) is 8.42. The molecule has 1 aromatic heterocycles. The van der Waals surface area contributed by atoms with E-state index in [4.69, 9.17) is 4.98 Å². The largest absolute Gasteiger partial charge is 0.355 e. The van der Waals surface area contributed by atoms with Gasteiger partial charge < -0.3 is 5.32 Å². The Balaban J connectivity index is 1.28. The number of hydrogen-bond donors (Lipinski definition) is 1. The standard InChI is InChI=1S/C28H27N3OS/c1-19-9-10-23(14-26(19)28-13-20-5-2-3-6-21(20)15-29-28)30-27-8-4-7-22-16-31(12-11-25(22)27)24-17-33(32)18-24/h2-10,13-15,24,30H,11-12,16-18H2,1H3. The van der Waals surface area contributed by atoms with Crippen LogP contribution in [0.4, 0.5) is 11.4 Å². The summed E-state index contributed by atoms with van der Waals surface area (Å²) in [6, 6.07) is 24.1. The molecule has 0 aliphatic carbocycles. The first-order chi connectivity index (χ1) is 16.1. The zero-order chi connectivity index (χ0) is 22.4. The molecule has 0 bridgehead atoms. The lowest BCUT2D eigenvalue weighted by atomic mass is 9.96. The van der Waals surface area contributed by atoms with Crippen molar-refractivity contribution in [1.29, 1.82) is 0 Å². The highest BCUT2D eigenvalue weighted by Gasteiger charge is 2.33. The second-order valence-corrected chi connectivity index (χ2v) is 10.7. The van der Waals surface area contributed by atoms with Crippen LogP contribution >= 0.6 is 0 Å². The van der Waals surface area contributed by atoms with E-state index in [1.54, 1.807) is 0 Å². The van der Waals surface area contributed by atoms with Gasteiger partial charge in [0.2, 0.25) is 0 Å². The van der Waals surface area contributed by atoms with Crippen molar-refractivity contribution in [3.05, 3.63) is 89.6 Å². The SMILES string of the molecule is Cc1ccc(Nc2cccc3c2CCN(C2CS(=O)C2)C3)cc1-c1cc2ccccc2cn1. The lowest BCUT2D eigenvalue weighted by Crippen LogP contribution is -2.52. The Morgan fingerprint density at radius 2 is 1.85 bits per heavy atom. The van der Waals surface area contributed by atoms with E-state index < -0.39 is 10.8 Å². The number of aryl methyl sites for hydroxylation is 1. The Hall–Kier alpha value is -3.02. The summed E-state index contributed by atoms with van der Waals surface area (Å²) in [5.74, 6) is 1.67. The Labute approximate surface area is 197 Å². The third-order valence-electron chi connectivity index (χ3n) is 6.99. The van der Waals surface area contributed by atoms with Gasteiger partial charge in [-0.05, 0) is 59.7 Å². The van der Waals surface area contributed by atoms with E-state index >= 15 is 0 Å². The predicted octanol–water partition coefficient (Wildman–Crippen LogP) is 5.44. The molecule has 33 heavy (non-hydrogen) atoms. The third kappa shape index (κ3) is 3.96. The lowest BCUT2D eigenvalue weighted by Gasteiger charge is -2.40. The molecule has 0 unspecified atom stereocenters. The van der Waals surface area contributed by atoms with Crippen LogP contribution in [-0.2, 0) is 23.8 Å². The van der Waals surface area contributed by atoms with E-state index in [1.165, 1.54) is 27.8 Å². The average molecular weight is 454 g/mol. The van der Waals surface area contributed by atoms with Crippen molar-refractivity contribution in [2.24, 2.45) is 0 Å². The minimum atomic E-state index is -0.600. The van der Waals surface area contributed by atoms with Gasteiger partial charge in [-0.2, -0.15) is 0 Å². The molecule has 1 N–H and O–H groups in total. The van der Waals surface area contributed by atoms with E-state index in [0.717, 1.165) is 53.3 Å². The van der Waals surface area contributed by atoms with Crippen LogP contribution in [0.1, 0.15) is 16.7 Å². The monoisotopic (exact) mass is 453 g/mol. The van der Waals surface area contributed by atoms with Gasteiger partial charge in [0.25, 0.3) is 0 Å². The Kier molecular flexibility index (Phi) is 5.24. The normalized spacial score (nSPS) is 20.3. The minimum absolute atomic E-state index is 0.490. The number of hydrogen-bond acceptors (Lipinski definition) is 4. The highest BCUT2D eigenvalue weighted by atomic mass is 32.2. The molecule has 0 radical (unpaired) electrons. The fraction of sp³-hybridized carbons (Fsp3) is 0.250. The number of nitrogens with zero attached hydrogens (tertiary/aromatic N) is 2. The first kappa shape index (κ1) is 20.6. The number of rotatable bonds is 4. The number of benzene rings is 3. The van der Waals surface area contributed by atoms with Crippen molar-refractivity contribution < 1.29 is 4.21 Å². The van der Waals surface area contributed by atoms with Crippen molar-refractivity contribution in [2.45, 2.75) is 25.9 Å². The fourth-order valence-corrected chi connectivity index (χ4v) is 6.20. The van der Waals surface area contributed by atoms with Gasteiger partial charge in [-0.1, -0.05) is 42.5 Å². The van der Waals surface area contributed by atoms with Gasteiger partial charge in [0, 0.05) is 70.0 Å². The molecule has 5 heteroatoms. The second-order valence-electron chi connectivity index (χ2n) is 9.16. The lowest BCUT2D eigenvalue weighted by molar-refractivity contribution is 0.199. The molecule has 1 saturated heterocycles. The number of aromatic nitrogens is 1. The maximum atomic E-state index is 11.5. The number of anilines is 2. The van der Waals surface area contributed by atoms with Crippen LogP contribution in [0.15, 0.2) is 72.9 Å². The topological polar surface area (TPSA) is 45.2 Å². The second kappa shape index (κ2) is 8.40. The maximum Gasteiger partial charge on any atom is 0.0711 e. The molecule has 6 rings (SSSR count). The van der Waals surface area contributed by atoms with Gasteiger partial charge in [-0.15, -0.1) is 0 Å². The summed E-state index contributed by atoms with van der Waals surface area (Å²) in [6.45, 7) is 4.13. The molecule has 4 aromatic rings. The summed E-state index contributed by atoms with van der Waals surface area (Å²) < 4.78 is 11.5. The van der Waals surface area contributed by atoms with E-state index in [1.807, 2.05) is 12.3 Å². The van der Waals surface area contributed by atoms with E-state index in [0.29, 0.717) is 6.04 Å². The molecule has 3 aromatic carbocycles. The first-order valence-electron chi connectivity index (χ1n) is 11.6. The molecule has 0 spiro atoms. The molecular weight excluding hydrogens is 426 g/mol. The Bertz CT molecular complexity index is 1370. The Morgan fingerprint density at radius 1 is 1.00 bits per heavy atom. The molecule has 2 aliphatic heterocycles. The van der Waals surface area contributed by atoms with Gasteiger partial charge in [0.05, 0.1) is 5.69 Å². The zero-order valence-electron chi connectivity index (χ0n) is 18.8. The molecule has 3 heterocycles. The highest BCUT2D eigenvalue weighted by molar-refractivity contribution is 7.86. The van der Waals surface area contributed by atoms with Gasteiger partial charge in [0.15, 0.2) is 0 Å². The molecule has 166 valence electrons. The van der Waals surface area contributed by atoms with Crippen LogP contribution in [0.25, 0.3) is 22.0 Å². The van der Waals surface area contributed by atoms with E-state index in [2.05, 4.69) is 77.8 Å². The van der Waals surface area contributed by atoms with Gasteiger partial charge >= 0.3 is 0 Å². The van der Waals surface area contributed by atoms with Crippen molar-refractivity contribution in [3.63, 3.8) is 0 Å². The molecule has 0 amide bonds. The maximum absolute atomic E-state index is 11.5. The zero-order valence-corrected chi connectivity index (χ0v) is 19.6. The van der Waals surface area contributed by atoms with E-state index in [-0.39, 0.29) is 0 Å². The van der Waals surface area contributed by atoms with E-state index in [9.17, 15) is 4.21 Å². The van der Waals surface area contributed by atoms with Crippen LogP contribution in [0, 0.1) is 6.92 Å². The van der Waals surface area contributed by atoms with Crippen LogP contribution in [0.5, 0.6) is 0 Å². The number of pyridine rings is 1. The summed E-state index contributed by atoms with van der Waals surface area (Å²) in [7, 11) is -0.600. The summed E-state index contributed by atoms with van der Waals surface area (Å²) >= 11 is 0. The summed E-state index contributed by atoms with van der Waals surface area (Å²) in [4.78, 5) is 7.25. The van der Waals surface area contributed by atoms with Gasteiger partial charge in [-0.25, -0.2) is 0 Å². The smallest absolute Gasteiger partial charge is 0.0711 e. The van der Waals surface area contributed by atoms with Crippen LogP contribution in [0.3, 0.4) is 0 Å². The summed E-state index contributed by atoms with van der Waals surface area (Å²) in [5, 5.41) is 6.06. The molecule has 0 atom stereocenters. The number of fused-ring (bicyclic) bond motifs is 2. The number of nitrogens with one attached hydrogen (secondary N) is 1. The van der Waals surface area contributed by atoms with Crippen LogP contribution in [-0.4, -0.2) is 38.2 Å². The van der Waals surface area contributed by atoms with Crippen LogP contribution < -0.4 is 5.32 Å². The van der Waals surface area contributed by atoms with Crippen molar-refractivity contribution in [1.82, 2.24) is 9.88 Å². The summed E-state index contributed by atoms with van der Waals surface area (Å²) in [6.07, 6.45) is 2.98. The molecule has 0 saturated carbocycles. The highest BCUT2D eigenvalue weighted by Crippen LogP contribution is 2.33. The molecule has 4 nitrogen and oxygen atoms in total. The predicted molar refractivity (Wildman–Crippen MR) is 137 cm³/mol. The van der Waals surface area contributed by atoms with Crippen LogP contribution in [0.2, 0.25) is 0 Å². The van der Waals surface area contributed by atoms with Crippen molar-refractivity contribution in [3.8, 4) is 11.3 Å². The Morgan fingerprint density at radius 3 is 2.70 bits per heavy atom. The van der Waals surface area contributed by atoms with Gasteiger partial charge in [0.1, 0.15) is 0 Å². The average Bonchev–Trinajstić information content (AvgIpc) is 2.83. The molecular formula is C28H27N3OS. The van der Waals surface area contributed by atoms with Gasteiger partial charge in [-0.3, -0.25) is 14.1 Å². The van der Waals surface area contributed by atoms with Crippen molar-refractivity contribution >= 4 is 32.9 Å². The fourth-order valence-electron chi connectivity index (χ4n) is 5.01. The first-order valence-corrected chi connectivity index (χ1v) is 13.1. The van der Waals surface area contributed by atoms with Crippen molar-refractivity contribution in [2.75, 3.05) is 23.4 Å². The molecule has 1 fully saturated rings.